The summed E-state index contributed by atoms with van der Waals surface area (Å²) in [6.45, 7) is 11.2. The van der Waals surface area contributed by atoms with Crippen molar-refractivity contribution >= 4 is 5.97 Å². The Morgan fingerprint density at radius 1 is 1.07 bits per heavy atom. The molecule has 0 aromatic heterocycles. The van der Waals surface area contributed by atoms with Gasteiger partial charge in [0.15, 0.2) is 6.29 Å². The van der Waals surface area contributed by atoms with Crippen LogP contribution in [0, 0.1) is 17.8 Å². The van der Waals surface area contributed by atoms with Gasteiger partial charge in [-0.2, -0.15) is 0 Å². The molecule has 30 heavy (non-hydrogen) atoms. The molecule has 0 bridgehead atoms. The Morgan fingerprint density at radius 2 is 1.73 bits per heavy atom. The van der Waals surface area contributed by atoms with Crippen LogP contribution in [0.25, 0.3) is 0 Å². The van der Waals surface area contributed by atoms with Crippen LogP contribution in [0.5, 0.6) is 0 Å². The van der Waals surface area contributed by atoms with Gasteiger partial charge in [0, 0.05) is 11.5 Å². The number of carboxylic acids is 1. The van der Waals surface area contributed by atoms with Crippen LogP contribution in [-0.2, 0) is 14.3 Å². The Hall–Kier alpha value is -1.59. The third-order valence-electron chi connectivity index (χ3n) is 6.68. The van der Waals surface area contributed by atoms with Crippen molar-refractivity contribution in [2.75, 3.05) is 6.61 Å². The molecule has 2 saturated carbocycles. The topological polar surface area (TPSA) is 157 Å². The van der Waals surface area contributed by atoms with E-state index in [9.17, 15) is 35.4 Å². The summed E-state index contributed by atoms with van der Waals surface area (Å²) in [7, 11) is 0. The minimum atomic E-state index is -1.55. The van der Waals surface area contributed by atoms with Gasteiger partial charge in [0.2, 0.25) is 0 Å². The van der Waals surface area contributed by atoms with E-state index in [4.69, 9.17) is 9.47 Å². The molecule has 9 nitrogen and oxygen atoms in total. The van der Waals surface area contributed by atoms with Gasteiger partial charge in [-0.3, -0.25) is 0 Å². The Bertz CT molecular complexity index is 717. The molecule has 0 aromatic carbocycles. The van der Waals surface area contributed by atoms with Gasteiger partial charge in [0.05, 0.1) is 18.8 Å². The lowest BCUT2D eigenvalue weighted by Gasteiger charge is -2.40. The molecule has 0 amide bonds. The van der Waals surface area contributed by atoms with Crippen LogP contribution in [0.3, 0.4) is 0 Å². The Balaban J connectivity index is 1.76. The normalized spacial score (nSPS) is 44.4. The molecule has 1 heterocycles. The third kappa shape index (κ3) is 4.11. The molecule has 0 radical (unpaired) electrons. The van der Waals surface area contributed by atoms with Gasteiger partial charge in [0.1, 0.15) is 24.4 Å². The van der Waals surface area contributed by atoms with Crippen LogP contribution in [0.1, 0.15) is 19.3 Å². The van der Waals surface area contributed by atoms with Crippen molar-refractivity contribution in [2.24, 2.45) is 17.8 Å². The number of carboxylic acid groups (broad SMARTS) is 1. The Labute approximate surface area is 174 Å². The fraction of sp³-hybridized carbons (Fsp3) is 0.667. The van der Waals surface area contributed by atoms with E-state index >= 15 is 0 Å². The summed E-state index contributed by atoms with van der Waals surface area (Å²) in [5, 5.41) is 59.3. The minimum Gasteiger partial charge on any atom is -0.478 e. The van der Waals surface area contributed by atoms with Gasteiger partial charge in [0.25, 0.3) is 0 Å². The SMILES string of the molecule is C=C(C(=O)O)C1CC2C(=C)C(OC3OC(CO)C(O)C(O)C3O)CC2C(=C)CC1O. The Morgan fingerprint density at radius 3 is 2.33 bits per heavy atom. The van der Waals surface area contributed by atoms with Crippen molar-refractivity contribution in [2.45, 2.75) is 62.2 Å². The number of fused-ring (bicyclic) bond motifs is 1. The maximum atomic E-state index is 11.4. The number of ether oxygens (including phenoxy) is 2. The summed E-state index contributed by atoms with van der Waals surface area (Å²) in [4.78, 5) is 11.4. The second kappa shape index (κ2) is 8.88. The predicted octanol–water partition coefficient (Wildman–Crippen LogP) is -0.668. The molecule has 10 unspecified atom stereocenters. The molecule has 6 N–H and O–H groups in total. The fourth-order valence-corrected chi connectivity index (χ4v) is 4.82. The molecule has 1 aliphatic heterocycles. The second-order valence-corrected chi connectivity index (χ2v) is 8.45. The van der Waals surface area contributed by atoms with Crippen molar-refractivity contribution in [3.63, 3.8) is 0 Å². The van der Waals surface area contributed by atoms with E-state index in [1.807, 2.05) is 0 Å². The van der Waals surface area contributed by atoms with Crippen LogP contribution < -0.4 is 0 Å². The zero-order chi connectivity index (χ0) is 22.3. The van der Waals surface area contributed by atoms with Crippen molar-refractivity contribution in [3.8, 4) is 0 Å². The van der Waals surface area contributed by atoms with E-state index in [0.717, 1.165) is 5.57 Å². The number of hydrogen-bond donors (Lipinski definition) is 6. The number of aliphatic carboxylic acids is 1. The van der Waals surface area contributed by atoms with E-state index in [1.54, 1.807) is 0 Å². The zero-order valence-corrected chi connectivity index (χ0v) is 16.6. The fourth-order valence-electron chi connectivity index (χ4n) is 4.82. The highest BCUT2D eigenvalue weighted by Gasteiger charge is 2.49. The zero-order valence-electron chi connectivity index (χ0n) is 16.6. The lowest BCUT2D eigenvalue weighted by Crippen LogP contribution is -2.59. The van der Waals surface area contributed by atoms with Gasteiger partial charge in [-0.1, -0.05) is 25.3 Å². The van der Waals surface area contributed by atoms with E-state index in [1.165, 1.54) is 0 Å². The van der Waals surface area contributed by atoms with Gasteiger partial charge in [-0.05, 0) is 36.7 Å². The molecule has 3 aliphatic rings. The van der Waals surface area contributed by atoms with Crippen molar-refractivity contribution in [1.29, 1.82) is 0 Å². The molecule has 1 saturated heterocycles. The lowest BCUT2D eigenvalue weighted by atomic mass is 9.82. The lowest BCUT2D eigenvalue weighted by molar-refractivity contribution is -0.308. The van der Waals surface area contributed by atoms with E-state index < -0.39 is 61.4 Å². The molecule has 9 heteroatoms. The van der Waals surface area contributed by atoms with Crippen LogP contribution in [-0.4, -0.2) is 86.1 Å². The van der Waals surface area contributed by atoms with Gasteiger partial charge in [-0.25, -0.2) is 4.79 Å². The first-order valence-corrected chi connectivity index (χ1v) is 9.99. The maximum absolute atomic E-state index is 11.4. The first-order valence-electron chi connectivity index (χ1n) is 9.99. The van der Waals surface area contributed by atoms with Crippen molar-refractivity contribution < 1.29 is 44.9 Å². The highest BCUT2D eigenvalue weighted by atomic mass is 16.7. The summed E-state index contributed by atoms with van der Waals surface area (Å²) in [5.74, 6) is -2.13. The quantitative estimate of drug-likeness (QED) is 0.248. The molecule has 168 valence electrons. The van der Waals surface area contributed by atoms with Gasteiger partial charge >= 0.3 is 5.97 Å². The average Bonchev–Trinajstić information content (AvgIpc) is 2.94. The summed E-state index contributed by atoms with van der Waals surface area (Å²) >= 11 is 0. The van der Waals surface area contributed by atoms with Crippen molar-refractivity contribution in [3.05, 3.63) is 36.5 Å². The van der Waals surface area contributed by atoms with E-state index in [2.05, 4.69) is 19.7 Å². The number of rotatable bonds is 5. The molecular formula is C21H30O9. The van der Waals surface area contributed by atoms with Crippen LogP contribution in [0.15, 0.2) is 36.5 Å². The third-order valence-corrected chi connectivity index (χ3v) is 6.68. The number of aliphatic hydroxyl groups is 5. The summed E-state index contributed by atoms with van der Waals surface area (Å²) < 4.78 is 11.3. The minimum absolute atomic E-state index is 0.0675. The smallest absolute Gasteiger partial charge is 0.331 e. The summed E-state index contributed by atoms with van der Waals surface area (Å²) in [6.07, 6.45) is -7.39. The van der Waals surface area contributed by atoms with Gasteiger partial charge in [-0.15, -0.1) is 0 Å². The summed E-state index contributed by atoms with van der Waals surface area (Å²) in [6, 6.07) is 0. The molecule has 3 fully saturated rings. The highest BCUT2D eigenvalue weighted by molar-refractivity contribution is 5.86. The molecule has 2 aliphatic carbocycles. The largest absolute Gasteiger partial charge is 0.478 e. The molecule has 0 spiro atoms. The maximum Gasteiger partial charge on any atom is 0.331 e. The standard InChI is InChI=1S/C21H30O9/c1-8-4-14(23)13(10(3)20(27)28)5-12-9(2)15(6-11(8)12)29-21-19(26)18(25)17(24)16(7-22)30-21/h11-19,21-26H,1-7H2,(H,27,28). The van der Waals surface area contributed by atoms with Crippen LogP contribution in [0.4, 0.5) is 0 Å². The van der Waals surface area contributed by atoms with E-state index in [-0.39, 0.29) is 23.8 Å². The summed E-state index contributed by atoms with van der Waals surface area (Å²) in [5.41, 5.74) is 1.34. The predicted molar refractivity (Wildman–Crippen MR) is 104 cm³/mol. The van der Waals surface area contributed by atoms with Gasteiger partial charge < -0.3 is 40.1 Å². The molecular weight excluding hydrogens is 396 g/mol. The average molecular weight is 426 g/mol. The van der Waals surface area contributed by atoms with Crippen molar-refractivity contribution in [1.82, 2.24) is 0 Å². The van der Waals surface area contributed by atoms with Crippen LogP contribution in [0.2, 0.25) is 0 Å². The number of aliphatic hydroxyl groups excluding tert-OH is 5. The second-order valence-electron chi connectivity index (χ2n) is 8.45. The number of hydrogen-bond acceptors (Lipinski definition) is 8. The first-order chi connectivity index (χ1) is 14.1. The molecule has 0 aromatic rings. The Kier molecular flexibility index (Phi) is 6.83. The first kappa shape index (κ1) is 23.1. The number of carbonyl (C=O) groups is 1. The monoisotopic (exact) mass is 426 g/mol. The highest BCUT2D eigenvalue weighted by Crippen LogP contribution is 2.50. The van der Waals surface area contributed by atoms with E-state index in [0.29, 0.717) is 18.4 Å². The molecule has 3 rings (SSSR count). The van der Waals surface area contributed by atoms with Crippen LogP contribution >= 0.6 is 0 Å². The molecule has 10 atom stereocenters.